The molecule has 0 saturated carbocycles. The molecule has 0 aliphatic carbocycles. The fraction of sp³-hybridized carbons (Fsp3) is 0. The minimum Gasteiger partial charge on any atom is -0.233 e. The fourth-order valence-corrected chi connectivity index (χ4v) is 2.42. The zero-order chi connectivity index (χ0) is 15.1. The minimum atomic E-state index is -4.69. The molecule has 0 atom stereocenters. The Bertz CT molecular complexity index is 781. The zero-order valence-corrected chi connectivity index (χ0v) is 11.0. The quantitative estimate of drug-likeness (QED) is 0.855. The van der Waals surface area contributed by atoms with Crippen molar-refractivity contribution in [2.45, 2.75) is 4.90 Å². The second-order valence-electron chi connectivity index (χ2n) is 3.63. The molecular weight excluding hydrogens is 319 g/mol. The van der Waals surface area contributed by atoms with Crippen LogP contribution in [-0.2, 0) is 10.0 Å². The molecule has 1 heterocycles. The molecule has 2 aromatic rings. The predicted molar refractivity (Wildman–Crippen MR) is 63.7 cm³/mol. The molecule has 5 nitrogen and oxygen atoms in total. The number of hydrogen-bond acceptors (Lipinski definition) is 4. The van der Waals surface area contributed by atoms with Crippen molar-refractivity contribution in [3.8, 4) is 11.4 Å². The van der Waals surface area contributed by atoms with E-state index in [1.807, 2.05) is 0 Å². The normalized spacial score (nSPS) is 11.7. The Morgan fingerprint density at radius 1 is 1.10 bits per heavy atom. The number of sulfonamides is 1. The van der Waals surface area contributed by atoms with E-state index in [-0.39, 0.29) is 5.82 Å². The van der Waals surface area contributed by atoms with Gasteiger partial charge in [0.1, 0.15) is 0 Å². The third kappa shape index (κ3) is 2.60. The van der Waals surface area contributed by atoms with Crippen LogP contribution in [0.25, 0.3) is 11.4 Å². The molecule has 20 heavy (non-hydrogen) atoms. The molecule has 2 rings (SSSR count). The maximum absolute atomic E-state index is 14.1. The van der Waals surface area contributed by atoms with Crippen LogP contribution in [0.15, 0.2) is 23.4 Å². The number of nitrogens with zero attached hydrogens (tertiary/aromatic N) is 2. The molecule has 10 heteroatoms. The average Bonchev–Trinajstić information content (AvgIpc) is 2.33. The summed E-state index contributed by atoms with van der Waals surface area (Å²) in [4.78, 5) is 5.53. The van der Waals surface area contributed by atoms with Crippen molar-refractivity contribution in [2.24, 2.45) is 5.14 Å². The van der Waals surface area contributed by atoms with E-state index in [9.17, 15) is 21.6 Å². The molecule has 0 unspecified atom stereocenters. The van der Waals surface area contributed by atoms with Crippen LogP contribution in [0.1, 0.15) is 0 Å². The second kappa shape index (κ2) is 5.00. The van der Waals surface area contributed by atoms with E-state index < -0.39 is 43.0 Å². The molecule has 2 N–H and O–H groups in total. The van der Waals surface area contributed by atoms with Crippen molar-refractivity contribution in [1.82, 2.24) is 9.97 Å². The molecule has 0 aliphatic rings. The van der Waals surface area contributed by atoms with Crippen LogP contribution >= 0.6 is 11.6 Å². The second-order valence-corrected chi connectivity index (χ2v) is 5.54. The molecule has 106 valence electrons. The Morgan fingerprint density at radius 3 is 2.15 bits per heavy atom. The van der Waals surface area contributed by atoms with Gasteiger partial charge in [0, 0.05) is 0 Å². The van der Waals surface area contributed by atoms with Gasteiger partial charge in [0.15, 0.2) is 28.2 Å². The van der Waals surface area contributed by atoms with Gasteiger partial charge in [-0.3, -0.25) is 0 Å². The highest BCUT2D eigenvalue weighted by atomic mass is 35.5. The highest BCUT2D eigenvalue weighted by molar-refractivity contribution is 7.89. The third-order valence-corrected chi connectivity index (χ3v) is 3.46. The first-order chi connectivity index (χ1) is 9.21. The molecule has 0 amide bonds. The Kier molecular flexibility index (Phi) is 3.67. The van der Waals surface area contributed by atoms with Crippen molar-refractivity contribution < 1.29 is 21.6 Å². The lowest BCUT2D eigenvalue weighted by Crippen LogP contribution is -2.17. The minimum absolute atomic E-state index is 0.365. The maximum Gasteiger partial charge on any atom is 0.243 e. The lowest BCUT2D eigenvalue weighted by molar-refractivity contribution is 0.521. The number of benzene rings is 1. The van der Waals surface area contributed by atoms with Crippen molar-refractivity contribution in [2.75, 3.05) is 0 Å². The van der Waals surface area contributed by atoms with Gasteiger partial charge in [0.25, 0.3) is 0 Å². The largest absolute Gasteiger partial charge is 0.243 e. The van der Waals surface area contributed by atoms with Gasteiger partial charge in [-0.1, -0.05) is 11.6 Å². The van der Waals surface area contributed by atoms with E-state index in [4.69, 9.17) is 16.7 Å². The van der Waals surface area contributed by atoms with Gasteiger partial charge in [0.05, 0.1) is 23.0 Å². The number of hydrogen-bond donors (Lipinski definition) is 1. The van der Waals surface area contributed by atoms with Crippen LogP contribution in [0.4, 0.5) is 13.2 Å². The van der Waals surface area contributed by atoms with Crippen LogP contribution in [-0.4, -0.2) is 18.4 Å². The Balaban J connectivity index is 2.80. The van der Waals surface area contributed by atoms with Gasteiger partial charge < -0.3 is 0 Å². The predicted octanol–water partition coefficient (Wildman–Crippen LogP) is 1.86. The molecule has 0 bridgehead atoms. The fourth-order valence-electron chi connectivity index (χ4n) is 1.44. The monoisotopic (exact) mass is 323 g/mol. The molecule has 0 saturated heterocycles. The van der Waals surface area contributed by atoms with Crippen molar-refractivity contribution in [1.29, 1.82) is 0 Å². The Hall–Kier alpha value is -1.71. The summed E-state index contributed by atoms with van der Waals surface area (Å²) >= 11 is 5.49. The SMILES string of the molecule is NS(=O)(=O)c1c(F)c(Cl)cc(-c2ncc(F)cn2)c1F. The molecular formula is C10H5ClF3N3O2S. The summed E-state index contributed by atoms with van der Waals surface area (Å²) in [6.45, 7) is 0. The van der Waals surface area contributed by atoms with Crippen molar-refractivity contribution in [3.05, 3.63) is 40.9 Å². The number of aromatic nitrogens is 2. The van der Waals surface area contributed by atoms with E-state index in [0.717, 1.165) is 18.5 Å². The van der Waals surface area contributed by atoms with Crippen LogP contribution < -0.4 is 5.14 Å². The van der Waals surface area contributed by atoms with E-state index in [2.05, 4.69) is 9.97 Å². The van der Waals surface area contributed by atoms with Gasteiger partial charge in [0.2, 0.25) is 10.0 Å². The Morgan fingerprint density at radius 2 is 1.65 bits per heavy atom. The molecule has 0 spiro atoms. The van der Waals surface area contributed by atoms with Crippen molar-refractivity contribution in [3.63, 3.8) is 0 Å². The summed E-state index contributed by atoms with van der Waals surface area (Å²) in [5.41, 5.74) is -0.513. The third-order valence-electron chi connectivity index (χ3n) is 2.26. The summed E-state index contributed by atoms with van der Waals surface area (Å²) < 4.78 is 62.8. The van der Waals surface area contributed by atoms with Gasteiger partial charge >= 0.3 is 0 Å². The summed E-state index contributed by atoms with van der Waals surface area (Å²) in [6, 6.07) is 0.786. The standard InChI is InChI=1S/C10H5ClF3N3O2S/c11-6-1-5(10-16-2-4(12)3-17-10)7(13)9(8(6)14)20(15,18)19/h1-3H,(H2,15,18,19). The van der Waals surface area contributed by atoms with Crippen LogP contribution in [0.3, 0.4) is 0 Å². The average molecular weight is 324 g/mol. The number of rotatable bonds is 2. The topological polar surface area (TPSA) is 85.9 Å². The number of nitrogens with two attached hydrogens (primary N) is 1. The van der Waals surface area contributed by atoms with E-state index in [1.54, 1.807) is 0 Å². The van der Waals surface area contributed by atoms with Gasteiger partial charge in [-0.25, -0.2) is 36.7 Å². The van der Waals surface area contributed by atoms with Crippen LogP contribution in [0.2, 0.25) is 5.02 Å². The molecule has 1 aromatic carbocycles. The molecule has 0 fully saturated rings. The lowest BCUT2D eigenvalue weighted by atomic mass is 10.2. The van der Waals surface area contributed by atoms with E-state index >= 15 is 0 Å². The summed E-state index contributed by atoms with van der Waals surface area (Å²) in [5, 5.41) is 4.05. The van der Waals surface area contributed by atoms with Crippen molar-refractivity contribution >= 4 is 21.6 Å². The Labute approximate surface area is 116 Å². The van der Waals surface area contributed by atoms with E-state index in [1.165, 1.54) is 0 Å². The molecule has 0 aliphatic heterocycles. The highest BCUT2D eigenvalue weighted by Crippen LogP contribution is 2.31. The number of halogens is 4. The highest BCUT2D eigenvalue weighted by Gasteiger charge is 2.27. The smallest absolute Gasteiger partial charge is 0.233 e. The zero-order valence-electron chi connectivity index (χ0n) is 9.44. The van der Waals surface area contributed by atoms with E-state index in [0.29, 0.717) is 0 Å². The summed E-state index contributed by atoms with van der Waals surface area (Å²) in [6.07, 6.45) is 1.46. The summed E-state index contributed by atoms with van der Waals surface area (Å²) in [5.74, 6) is -4.16. The van der Waals surface area contributed by atoms with Gasteiger partial charge in [-0.05, 0) is 6.07 Å². The first-order valence-corrected chi connectivity index (χ1v) is 6.82. The van der Waals surface area contributed by atoms with Crippen LogP contribution in [0, 0.1) is 17.5 Å². The number of primary sulfonamides is 1. The summed E-state index contributed by atoms with van der Waals surface area (Å²) in [7, 11) is -4.69. The first kappa shape index (κ1) is 14.7. The maximum atomic E-state index is 14.1. The van der Waals surface area contributed by atoms with Gasteiger partial charge in [-0.15, -0.1) is 0 Å². The molecule has 0 radical (unpaired) electrons. The lowest BCUT2D eigenvalue weighted by Gasteiger charge is -2.08. The first-order valence-electron chi connectivity index (χ1n) is 4.90. The molecule has 1 aromatic heterocycles. The van der Waals surface area contributed by atoms with Gasteiger partial charge in [-0.2, -0.15) is 0 Å². The van der Waals surface area contributed by atoms with Crippen LogP contribution in [0.5, 0.6) is 0 Å².